The van der Waals surface area contributed by atoms with E-state index in [9.17, 15) is 9.59 Å². The van der Waals surface area contributed by atoms with E-state index in [0.717, 1.165) is 37.1 Å². The minimum Gasteiger partial charge on any atom is -0.445 e. The van der Waals surface area contributed by atoms with E-state index < -0.39 is 0 Å². The van der Waals surface area contributed by atoms with E-state index in [1.807, 2.05) is 49.5 Å². The van der Waals surface area contributed by atoms with Crippen molar-refractivity contribution in [2.45, 2.75) is 51.4 Å². The van der Waals surface area contributed by atoms with Gasteiger partial charge in [-0.2, -0.15) is 0 Å². The largest absolute Gasteiger partial charge is 0.445 e. The number of nitrogens with zero attached hydrogens (tertiary/aromatic N) is 1. The predicted octanol–water partition coefficient (Wildman–Crippen LogP) is 3.13. The molecule has 1 aromatic carbocycles. The first-order valence-corrected chi connectivity index (χ1v) is 9.08. The Hall–Kier alpha value is -2.76. The summed E-state index contributed by atoms with van der Waals surface area (Å²) in [5.74, 6) is 0. The topological polar surface area (TPSA) is 72.4 Å². The lowest BCUT2D eigenvalue weighted by molar-refractivity contribution is 0.129. The fourth-order valence-corrected chi connectivity index (χ4v) is 3.05. The van der Waals surface area contributed by atoms with Gasteiger partial charge in [0.15, 0.2) is 0 Å². The zero-order chi connectivity index (χ0) is 18.4. The van der Waals surface area contributed by atoms with Crippen molar-refractivity contribution in [2.24, 2.45) is 0 Å². The van der Waals surface area contributed by atoms with Gasteiger partial charge >= 0.3 is 6.09 Å². The van der Waals surface area contributed by atoms with Crippen molar-refractivity contribution in [2.75, 3.05) is 5.32 Å². The Morgan fingerprint density at radius 2 is 1.92 bits per heavy atom. The molecular weight excluding hydrogens is 330 g/mol. The van der Waals surface area contributed by atoms with E-state index >= 15 is 0 Å². The number of hydrogen-bond acceptors (Lipinski definition) is 4. The molecule has 0 radical (unpaired) electrons. The van der Waals surface area contributed by atoms with Gasteiger partial charge in [-0.25, -0.2) is 4.79 Å². The molecule has 6 heteroatoms. The van der Waals surface area contributed by atoms with Gasteiger partial charge in [-0.3, -0.25) is 4.79 Å². The number of rotatable bonds is 7. The van der Waals surface area contributed by atoms with Crippen LogP contribution in [0.3, 0.4) is 0 Å². The number of alkyl carbamates (subject to hydrolysis) is 1. The zero-order valence-corrected chi connectivity index (χ0v) is 15.0. The van der Waals surface area contributed by atoms with Crippen molar-refractivity contribution in [3.8, 4) is 0 Å². The van der Waals surface area contributed by atoms with Crippen molar-refractivity contribution >= 4 is 11.8 Å². The molecule has 1 heterocycles. The second-order valence-corrected chi connectivity index (χ2v) is 6.67. The lowest BCUT2D eigenvalue weighted by atomic mass is 9.87. The average molecular weight is 355 g/mol. The third kappa shape index (κ3) is 4.88. The smallest absolute Gasteiger partial charge is 0.407 e. The van der Waals surface area contributed by atoms with Crippen molar-refractivity contribution in [3.05, 3.63) is 64.6 Å². The first-order valence-electron chi connectivity index (χ1n) is 9.08. The van der Waals surface area contributed by atoms with Gasteiger partial charge in [-0.05, 0) is 30.9 Å². The first-order chi connectivity index (χ1) is 12.6. The molecule has 1 aliphatic rings. The average Bonchev–Trinajstić information content (AvgIpc) is 2.62. The van der Waals surface area contributed by atoms with Crippen LogP contribution in [0.5, 0.6) is 0 Å². The summed E-state index contributed by atoms with van der Waals surface area (Å²) in [6.07, 6.45) is 4.08. The van der Waals surface area contributed by atoms with Gasteiger partial charge in [0.25, 0.3) is 5.56 Å². The number of aryl methyl sites for hydroxylation is 1. The number of aromatic nitrogens is 1. The molecule has 1 fully saturated rings. The second-order valence-electron chi connectivity index (χ2n) is 6.67. The molecule has 0 unspecified atom stereocenters. The molecule has 1 aromatic heterocycles. The number of benzene rings is 1. The third-order valence-electron chi connectivity index (χ3n) is 4.49. The molecule has 6 nitrogen and oxygen atoms in total. The lowest BCUT2D eigenvalue weighted by Gasteiger charge is -2.36. The van der Waals surface area contributed by atoms with E-state index in [4.69, 9.17) is 4.74 Å². The quantitative estimate of drug-likeness (QED) is 0.800. The Morgan fingerprint density at radius 3 is 2.65 bits per heavy atom. The Labute approximate surface area is 153 Å². The van der Waals surface area contributed by atoms with Crippen molar-refractivity contribution in [1.29, 1.82) is 0 Å². The number of carbonyl (C=O) groups is 1. The second kappa shape index (κ2) is 8.56. The zero-order valence-electron chi connectivity index (χ0n) is 15.0. The molecule has 0 atom stereocenters. The summed E-state index contributed by atoms with van der Waals surface area (Å²) in [5.41, 5.74) is 1.93. The monoisotopic (exact) mass is 355 g/mol. The van der Waals surface area contributed by atoms with Gasteiger partial charge in [0.2, 0.25) is 0 Å². The van der Waals surface area contributed by atoms with Crippen LogP contribution < -0.4 is 16.2 Å². The molecule has 3 rings (SSSR count). The highest BCUT2D eigenvalue weighted by Gasteiger charge is 2.30. The Balaban J connectivity index is 1.39. The molecule has 0 bridgehead atoms. The van der Waals surface area contributed by atoms with E-state index in [0.29, 0.717) is 6.04 Å². The maximum atomic E-state index is 11.8. The van der Waals surface area contributed by atoms with Gasteiger partial charge < -0.3 is 19.9 Å². The van der Waals surface area contributed by atoms with Crippen LogP contribution in [0.15, 0.2) is 53.5 Å². The molecule has 26 heavy (non-hydrogen) atoms. The van der Waals surface area contributed by atoms with Crippen LogP contribution in [0.2, 0.25) is 0 Å². The summed E-state index contributed by atoms with van der Waals surface area (Å²) in [7, 11) is 0. The molecule has 2 N–H and O–H groups in total. The van der Waals surface area contributed by atoms with Gasteiger partial charge in [0.05, 0.1) is 5.69 Å². The molecule has 1 aliphatic carbocycles. The summed E-state index contributed by atoms with van der Waals surface area (Å²) in [6, 6.07) is 13.4. The number of amides is 1. The summed E-state index contributed by atoms with van der Waals surface area (Å²) in [5, 5.41) is 6.30. The van der Waals surface area contributed by atoms with Gasteiger partial charge in [-0.15, -0.1) is 0 Å². The maximum absolute atomic E-state index is 11.8. The Kier molecular flexibility index (Phi) is 5.94. The minimum absolute atomic E-state index is 0.0201. The highest BCUT2D eigenvalue weighted by molar-refractivity contribution is 5.67. The van der Waals surface area contributed by atoms with Gasteiger partial charge in [-0.1, -0.05) is 37.3 Å². The van der Waals surface area contributed by atoms with E-state index in [1.54, 1.807) is 10.6 Å². The highest BCUT2D eigenvalue weighted by Crippen LogP contribution is 2.24. The van der Waals surface area contributed by atoms with Crippen LogP contribution in [-0.4, -0.2) is 22.7 Å². The van der Waals surface area contributed by atoms with E-state index in [2.05, 4.69) is 10.6 Å². The molecular formula is C20H25N3O3. The minimum atomic E-state index is -0.381. The fourth-order valence-electron chi connectivity index (χ4n) is 3.05. The third-order valence-corrected chi connectivity index (χ3v) is 4.49. The number of hydrogen-bond donors (Lipinski definition) is 2. The predicted molar refractivity (Wildman–Crippen MR) is 101 cm³/mol. The van der Waals surface area contributed by atoms with Crippen LogP contribution in [0.1, 0.15) is 31.7 Å². The highest BCUT2D eigenvalue weighted by atomic mass is 16.5. The Bertz CT molecular complexity index is 782. The number of carbonyl (C=O) groups excluding carboxylic acids is 1. The number of nitrogens with one attached hydrogen (secondary N) is 2. The standard InChI is InChI=1S/C20H25N3O3/c1-2-10-23-13-16(8-9-19(23)24)21-17-11-18(12-17)22-20(25)26-14-15-6-4-3-5-7-15/h3-9,13,17-18,21H,2,10-12,14H2,1H3,(H,22,25). The fraction of sp³-hybridized carbons (Fsp3) is 0.400. The number of pyridine rings is 1. The van der Waals surface area contributed by atoms with Crippen molar-refractivity contribution in [3.63, 3.8) is 0 Å². The molecule has 1 amide bonds. The molecule has 1 saturated carbocycles. The summed E-state index contributed by atoms with van der Waals surface area (Å²) >= 11 is 0. The molecule has 0 saturated heterocycles. The summed E-state index contributed by atoms with van der Waals surface area (Å²) < 4.78 is 6.96. The van der Waals surface area contributed by atoms with E-state index in [-0.39, 0.29) is 24.3 Å². The van der Waals surface area contributed by atoms with Crippen LogP contribution in [0, 0.1) is 0 Å². The van der Waals surface area contributed by atoms with Gasteiger partial charge in [0.1, 0.15) is 6.61 Å². The molecule has 2 aromatic rings. The van der Waals surface area contributed by atoms with Crippen LogP contribution in [-0.2, 0) is 17.9 Å². The van der Waals surface area contributed by atoms with Crippen molar-refractivity contribution in [1.82, 2.24) is 9.88 Å². The van der Waals surface area contributed by atoms with Gasteiger partial charge in [0, 0.05) is 30.9 Å². The molecule has 138 valence electrons. The summed E-state index contributed by atoms with van der Waals surface area (Å²) in [4.78, 5) is 23.6. The SMILES string of the molecule is CCCn1cc(NC2CC(NC(=O)OCc3ccccc3)C2)ccc1=O. The van der Waals surface area contributed by atoms with Crippen LogP contribution >= 0.6 is 0 Å². The van der Waals surface area contributed by atoms with E-state index in [1.165, 1.54) is 0 Å². The van der Waals surface area contributed by atoms with Crippen LogP contribution in [0.25, 0.3) is 0 Å². The normalized spacial score (nSPS) is 18.7. The lowest BCUT2D eigenvalue weighted by Crippen LogP contribution is -2.49. The summed E-state index contributed by atoms with van der Waals surface area (Å²) in [6.45, 7) is 3.04. The van der Waals surface area contributed by atoms with Crippen LogP contribution in [0.4, 0.5) is 10.5 Å². The Morgan fingerprint density at radius 1 is 1.15 bits per heavy atom. The molecule has 0 spiro atoms. The first kappa shape index (κ1) is 18.0. The maximum Gasteiger partial charge on any atom is 0.407 e. The number of ether oxygens (including phenoxy) is 1. The molecule has 0 aliphatic heterocycles. The number of anilines is 1. The van der Waals surface area contributed by atoms with Crippen molar-refractivity contribution < 1.29 is 9.53 Å².